The number of hydrogen-bond acceptors (Lipinski definition) is 6. The number of benzene rings is 1. The summed E-state index contributed by atoms with van der Waals surface area (Å²) in [5.41, 5.74) is -0.0247. The van der Waals surface area contributed by atoms with Crippen molar-refractivity contribution in [3.05, 3.63) is 33.9 Å². The number of carbonyl (C=O) groups is 1. The second-order valence-electron chi connectivity index (χ2n) is 3.82. The molecule has 7 nitrogen and oxygen atoms in total. The van der Waals surface area contributed by atoms with Gasteiger partial charge >= 0.3 is 11.7 Å². The van der Waals surface area contributed by atoms with Crippen LogP contribution in [0, 0.1) is 10.1 Å². The van der Waals surface area contributed by atoms with Crippen molar-refractivity contribution in [3.8, 4) is 5.75 Å². The van der Waals surface area contributed by atoms with Gasteiger partial charge in [0.1, 0.15) is 6.10 Å². The molecule has 0 heterocycles. The van der Waals surface area contributed by atoms with Gasteiger partial charge in [-0.15, -0.1) is 0 Å². The molecule has 0 fully saturated rings. The van der Waals surface area contributed by atoms with E-state index in [1.165, 1.54) is 32.4 Å². The molecule has 0 saturated heterocycles. The van der Waals surface area contributed by atoms with Gasteiger partial charge in [-0.3, -0.25) is 10.1 Å². The molecule has 0 aliphatic heterocycles. The first-order chi connectivity index (χ1) is 8.99. The highest BCUT2D eigenvalue weighted by atomic mass is 16.6. The number of ether oxygens (including phenoxy) is 3. The Morgan fingerprint density at radius 2 is 2.11 bits per heavy atom. The van der Waals surface area contributed by atoms with Gasteiger partial charge in [0.05, 0.1) is 24.2 Å². The lowest BCUT2D eigenvalue weighted by Crippen LogP contribution is -2.19. The highest BCUT2D eigenvalue weighted by Gasteiger charge is 2.20. The minimum absolute atomic E-state index is 0.0115. The van der Waals surface area contributed by atoms with Crippen LogP contribution in [0.15, 0.2) is 18.2 Å². The Labute approximate surface area is 110 Å². The Balaban J connectivity index is 3.08. The number of nitrogens with zero attached hydrogens (tertiary/aromatic N) is 1. The molecule has 1 atom stereocenters. The van der Waals surface area contributed by atoms with Gasteiger partial charge in [0, 0.05) is 19.2 Å². The van der Waals surface area contributed by atoms with E-state index in [9.17, 15) is 14.9 Å². The second kappa shape index (κ2) is 6.69. The van der Waals surface area contributed by atoms with E-state index >= 15 is 0 Å². The van der Waals surface area contributed by atoms with E-state index in [1.807, 2.05) is 0 Å². The number of rotatable bonds is 6. The maximum absolute atomic E-state index is 11.4. The molecule has 1 rings (SSSR count). The van der Waals surface area contributed by atoms with Crippen molar-refractivity contribution in [2.24, 2.45) is 0 Å². The summed E-state index contributed by atoms with van der Waals surface area (Å²) in [6.45, 7) is 1.98. The summed E-state index contributed by atoms with van der Waals surface area (Å²) in [6, 6.07) is 3.81. The minimum Gasteiger partial charge on any atom is -0.481 e. The van der Waals surface area contributed by atoms with E-state index in [1.54, 1.807) is 6.92 Å². The van der Waals surface area contributed by atoms with Gasteiger partial charge in [-0.2, -0.15) is 0 Å². The summed E-state index contributed by atoms with van der Waals surface area (Å²) >= 11 is 0. The second-order valence-corrected chi connectivity index (χ2v) is 3.82. The highest BCUT2D eigenvalue weighted by Crippen LogP contribution is 2.29. The van der Waals surface area contributed by atoms with Crippen LogP contribution in [0.1, 0.15) is 17.3 Å². The smallest absolute Gasteiger partial charge is 0.337 e. The average Bonchev–Trinajstić information content (AvgIpc) is 2.37. The highest BCUT2D eigenvalue weighted by molar-refractivity contribution is 5.90. The van der Waals surface area contributed by atoms with Crippen LogP contribution in [-0.2, 0) is 9.47 Å². The van der Waals surface area contributed by atoms with E-state index < -0.39 is 10.9 Å². The molecule has 0 bridgehead atoms. The number of nitro benzene ring substituents is 1. The van der Waals surface area contributed by atoms with Crippen LogP contribution in [0.4, 0.5) is 5.69 Å². The average molecular weight is 269 g/mol. The van der Waals surface area contributed by atoms with Crippen LogP contribution in [0.25, 0.3) is 0 Å². The third-order valence-electron chi connectivity index (χ3n) is 2.31. The molecule has 7 heteroatoms. The quantitative estimate of drug-likeness (QED) is 0.444. The number of nitro groups is 1. The van der Waals surface area contributed by atoms with Crippen molar-refractivity contribution in [3.63, 3.8) is 0 Å². The molecule has 0 aliphatic rings. The lowest BCUT2D eigenvalue weighted by Gasteiger charge is -2.14. The lowest BCUT2D eigenvalue weighted by atomic mass is 10.2. The van der Waals surface area contributed by atoms with E-state index in [0.29, 0.717) is 0 Å². The molecule has 1 unspecified atom stereocenters. The van der Waals surface area contributed by atoms with Gasteiger partial charge in [0.25, 0.3) is 0 Å². The summed E-state index contributed by atoms with van der Waals surface area (Å²) in [6.07, 6.45) is -0.378. The van der Waals surface area contributed by atoms with E-state index in [2.05, 4.69) is 4.74 Å². The first kappa shape index (κ1) is 14.9. The first-order valence-corrected chi connectivity index (χ1v) is 5.52. The minimum atomic E-state index is -0.584. The first-order valence-electron chi connectivity index (χ1n) is 5.52. The molecule has 0 amide bonds. The maximum atomic E-state index is 11.4. The molecule has 0 N–H and O–H groups in total. The van der Waals surface area contributed by atoms with Crippen molar-refractivity contribution in [1.29, 1.82) is 0 Å². The van der Waals surface area contributed by atoms with Crippen molar-refractivity contribution >= 4 is 11.7 Å². The van der Waals surface area contributed by atoms with E-state index in [-0.39, 0.29) is 29.7 Å². The predicted molar refractivity (Wildman–Crippen MR) is 66.4 cm³/mol. The van der Waals surface area contributed by atoms with Crippen LogP contribution < -0.4 is 4.74 Å². The normalized spacial score (nSPS) is 11.7. The molecule has 104 valence electrons. The van der Waals surface area contributed by atoms with Crippen molar-refractivity contribution in [2.75, 3.05) is 20.8 Å². The standard InChI is InChI=1S/C12H15NO6/c1-8(7-17-2)19-11-6-9(12(14)18-3)4-5-10(11)13(15)16/h4-6,8H,7H2,1-3H3. The molecule has 0 spiro atoms. The van der Waals surface area contributed by atoms with Crippen molar-refractivity contribution in [2.45, 2.75) is 13.0 Å². The third-order valence-corrected chi connectivity index (χ3v) is 2.31. The predicted octanol–water partition coefficient (Wildman–Crippen LogP) is 1.80. The summed E-state index contributed by atoms with van der Waals surface area (Å²) < 4.78 is 14.9. The van der Waals surface area contributed by atoms with Gasteiger partial charge in [-0.25, -0.2) is 4.79 Å². The van der Waals surface area contributed by atoms with Gasteiger partial charge in [-0.1, -0.05) is 0 Å². The topological polar surface area (TPSA) is 87.9 Å². The third kappa shape index (κ3) is 3.92. The summed E-state index contributed by atoms with van der Waals surface area (Å²) in [5, 5.41) is 10.9. The molecular weight excluding hydrogens is 254 g/mol. The molecule has 19 heavy (non-hydrogen) atoms. The van der Waals surface area contributed by atoms with E-state index in [0.717, 1.165) is 0 Å². The van der Waals surface area contributed by atoms with Crippen LogP contribution in [0.2, 0.25) is 0 Å². The molecule has 1 aromatic carbocycles. The Hall–Kier alpha value is -2.15. The molecule has 0 aliphatic carbocycles. The number of hydrogen-bond donors (Lipinski definition) is 0. The number of esters is 1. The van der Waals surface area contributed by atoms with E-state index in [4.69, 9.17) is 9.47 Å². The molecular formula is C12H15NO6. The van der Waals surface area contributed by atoms with Crippen LogP contribution in [0.5, 0.6) is 5.75 Å². The summed E-state index contributed by atoms with van der Waals surface area (Å²) in [5.74, 6) is -0.573. The number of carbonyl (C=O) groups excluding carboxylic acids is 1. The Kier molecular flexibility index (Phi) is 5.25. The van der Waals surface area contributed by atoms with Crippen molar-refractivity contribution < 1.29 is 23.9 Å². The Morgan fingerprint density at radius 3 is 2.63 bits per heavy atom. The zero-order chi connectivity index (χ0) is 14.4. The molecule has 0 saturated carbocycles. The van der Waals surface area contributed by atoms with Gasteiger partial charge in [0.2, 0.25) is 0 Å². The fourth-order valence-electron chi connectivity index (χ4n) is 1.49. The van der Waals surface area contributed by atoms with Gasteiger partial charge in [0.15, 0.2) is 5.75 Å². The largest absolute Gasteiger partial charge is 0.481 e. The van der Waals surface area contributed by atoms with Gasteiger partial charge < -0.3 is 14.2 Å². The maximum Gasteiger partial charge on any atom is 0.337 e. The van der Waals surface area contributed by atoms with Crippen molar-refractivity contribution in [1.82, 2.24) is 0 Å². The molecule has 0 aromatic heterocycles. The SMILES string of the molecule is COCC(C)Oc1cc(C(=O)OC)ccc1[N+](=O)[O-]. The fourth-order valence-corrected chi connectivity index (χ4v) is 1.49. The molecule has 0 radical (unpaired) electrons. The fraction of sp³-hybridized carbons (Fsp3) is 0.417. The van der Waals surface area contributed by atoms with Crippen LogP contribution >= 0.6 is 0 Å². The van der Waals surface area contributed by atoms with Crippen LogP contribution in [-0.4, -0.2) is 37.8 Å². The number of methoxy groups -OCH3 is 2. The summed E-state index contributed by atoms with van der Waals surface area (Å²) in [4.78, 5) is 21.7. The lowest BCUT2D eigenvalue weighted by molar-refractivity contribution is -0.386. The monoisotopic (exact) mass is 269 g/mol. The molecule has 1 aromatic rings. The Morgan fingerprint density at radius 1 is 1.42 bits per heavy atom. The Bertz CT molecular complexity index is 473. The zero-order valence-electron chi connectivity index (χ0n) is 10.9. The van der Waals surface area contributed by atoms with Crippen LogP contribution in [0.3, 0.4) is 0 Å². The summed E-state index contributed by atoms with van der Waals surface area (Å²) in [7, 11) is 2.73. The van der Waals surface area contributed by atoms with Gasteiger partial charge in [-0.05, 0) is 13.0 Å². The zero-order valence-corrected chi connectivity index (χ0v) is 10.9.